The van der Waals surface area contributed by atoms with Crippen LogP contribution < -0.4 is 11.1 Å². The summed E-state index contributed by atoms with van der Waals surface area (Å²) in [4.78, 5) is 17.6. The van der Waals surface area contributed by atoms with Gasteiger partial charge >= 0.3 is 0 Å². The van der Waals surface area contributed by atoms with Crippen molar-refractivity contribution < 1.29 is 4.79 Å². The third-order valence-corrected chi connectivity index (χ3v) is 8.51. The van der Waals surface area contributed by atoms with Crippen molar-refractivity contribution in [1.82, 2.24) is 15.1 Å². The fourth-order valence-corrected chi connectivity index (χ4v) is 5.93. The van der Waals surface area contributed by atoms with Gasteiger partial charge in [-0.2, -0.15) is 10.5 Å². The van der Waals surface area contributed by atoms with Crippen molar-refractivity contribution in [1.29, 1.82) is 10.5 Å². The molecule has 7 nitrogen and oxygen atoms in total. The Morgan fingerprint density at radius 2 is 1.53 bits per heavy atom. The molecule has 0 aromatic heterocycles. The summed E-state index contributed by atoms with van der Waals surface area (Å²) in [7, 11) is 0. The number of hydrogen-bond donors (Lipinski definition) is 2. The molecule has 3 fully saturated rings. The molecule has 7 heteroatoms. The summed E-state index contributed by atoms with van der Waals surface area (Å²) in [6.07, 6.45) is 7.47. The quantitative estimate of drug-likeness (QED) is 0.557. The van der Waals surface area contributed by atoms with Gasteiger partial charge in [-0.05, 0) is 47.9 Å². The van der Waals surface area contributed by atoms with Crippen molar-refractivity contribution in [2.24, 2.45) is 5.73 Å². The lowest BCUT2D eigenvalue weighted by Crippen LogP contribution is -2.57. The average molecular weight is 511 g/mol. The van der Waals surface area contributed by atoms with Gasteiger partial charge < -0.3 is 11.1 Å². The molecule has 5 rings (SSSR count). The first-order valence-electron chi connectivity index (χ1n) is 14.1. The number of piperazine rings is 1. The smallest absolute Gasteiger partial charge is 0.241 e. The van der Waals surface area contributed by atoms with Crippen LogP contribution in [0.3, 0.4) is 0 Å². The summed E-state index contributed by atoms with van der Waals surface area (Å²) in [5, 5.41) is 22.4. The van der Waals surface area contributed by atoms with E-state index in [0.717, 1.165) is 73.7 Å². The van der Waals surface area contributed by atoms with E-state index in [2.05, 4.69) is 51.5 Å². The summed E-state index contributed by atoms with van der Waals surface area (Å²) in [6, 6.07) is 21.1. The van der Waals surface area contributed by atoms with Crippen LogP contribution in [-0.2, 0) is 11.2 Å². The molecule has 2 atom stereocenters. The van der Waals surface area contributed by atoms with E-state index in [4.69, 9.17) is 5.73 Å². The summed E-state index contributed by atoms with van der Waals surface area (Å²) in [5.74, 6) is -0.207. The number of nitrogens with two attached hydrogens (primary N) is 1. The highest BCUT2D eigenvalue weighted by Gasteiger charge is 2.36. The van der Waals surface area contributed by atoms with E-state index in [-0.39, 0.29) is 11.9 Å². The maximum atomic E-state index is 12.7. The maximum Gasteiger partial charge on any atom is 0.241 e. The first-order valence-corrected chi connectivity index (χ1v) is 14.1. The fourth-order valence-electron chi connectivity index (χ4n) is 5.93. The van der Waals surface area contributed by atoms with Gasteiger partial charge in [-0.15, -0.1) is 0 Å². The molecule has 38 heavy (non-hydrogen) atoms. The lowest BCUT2D eigenvalue weighted by atomic mass is 9.81. The van der Waals surface area contributed by atoms with Crippen LogP contribution in [0.4, 0.5) is 0 Å². The van der Waals surface area contributed by atoms with E-state index in [0.29, 0.717) is 19.3 Å². The van der Waals surface area contributed by atoms with E-state index >= 15 is 0 Å². The predicted molar refractivity (Wildman–Crippen MR) is 148 cm³/mol. The number of rotatable bonds is 8. The maximum absolute atomic E-state index is 12.7. The molecule has 3 N–H and O–H groups in total. The highest BCUT2D eigenvalue weighted by Crippen LogP contribution is 2.30. The number of nitrogens with zero attached hydrogens (tertiary/aromatic N) is 4. The Balaban J connectivity index is 1.18. The minimum Gasteiger partial charge on any atom is -0.338 e. The molecule has 1 aliphatic heterocycles. The fraction of sp³-hybridized carbons (Fsp3) is 0.516. The van der Waals surface area contributed by atoms with Gasteiger partial charge in [0.2, 0.25) is 5.91 Å². The van der Waals surface area contributed by atoms with Crippen LogP contribution >= 0.6 is 0 Å². The van der Waals surface area contributed by atoms with Gasteiger partial charge in [-0.3, -0.25) is 14.6 Å². The van der Waals surface area contributed by atoms with Crippen LogP contribution in [-0.4, -0.2) is 59.5 Å². The van der Waals surface area contributed by atoms with E-state index < -0.39 is 11.6 Å². The third-order valence-electron chi connectivity index (χ3n) is 8.51. The first kappa shape index (κ1) is 26.4. The number of carbonyl (C=O) groups excluding carboxylic acids is 1. The zero-order valence-electron chi connectivity index (χ0n) is 22.1. The molecule has 0 radical (unpaired) electrons. The predicted octanol–water partition coefficient (Wildman–Crippen LogP) is 3.91. The zero-order valence-corrected chi connectivity index (χ0v) is 22.1. The van der Waals surface area contributed by atoms with Crippen molar-refractivity contribution in [2.75, 3.05) is 26.2 Å². The summed E-state index contributed by atoms with van der Waals surface area (Å²) >= 11 is 0. The number of nitriles is 2. The molecule has 3 aliphatic rings. The average Bonchev–Trinajstić information content (AvgIpc) is 3.80. The van der Waals surface area contributed by atoms with Crippen LogP contribution in [0.25, 0.3) is 11.1 Å². The topological polar surface area (TPSA) is 109 Å². The van der Waals surface area contributed by atoms with Crippen LogP contribution in [0.2, 0.25) is 0 Å². The molecule has 2 saturated carbocycles. The van der Waals surface area contributed by atoms with Gasteiger partial charge in [0.15, 0.2) is 0 Å². The van der Waals surface area contributed by atoms with E-state index in [1.165, 1.54) is 12.8 Å². The molecule has 1 saturated heterocycles. The standard InChI is InChI=1S/C31H38N6O/c32-21-27(35-30(38)31(34)14-2-1-3-15-31)20-23-4-6-24(7-5-23)25-8-10-26(11-9-25)29(22-33)37-18-16-36(17-19-37)28-12-13-28/h4-11,27-29H,1-3,12-20,34H2,(H,35,38)/t27-,29?/m0/s1. The van der Waals surface area contributed by atoms with Crippen molar-refractivity contribution in [3.63, 3.8) is 0 Å². The lowest BCUT2D eigenvalue weighted by Gasteiger charge is -2.37. The Hall–Kier alpha value is -3.23. The molecule has 198 valence electrons. The Kier molecular flexibility index (Phi) is 8.09. The second-order valence-corrected chi connectivity index (χ2v) is 11.2. The highest BCUT2D eigenvalue weighted by atomic mass is 16.2. The molecular weight excluding hydrogens is 472 g/mol. The van der Waals surface area contributed by atoms with Gasteiger partial charge in [-0.1, -0.05) is 67.8 Å². The third kappa shape index (κ3) is 6.08. The number of hydrogen-bond acceptors (Lipinski definition) is 6. The van der Waals surface area contributed by atoms with Crippen molar-refractivity contribution >= 4 is 5.91 Å². The Morgan fingerprint density at radius 1 is 0.921 bits per heavy atom. The number of benzene rings is 2. The zero-order chi connectivity index (χ0) is 26.5. The van der Waals surface area contributed by atoms with Gasteiger partial charge in [0, 0.05) is 38.6 Å². The van der Waals surface area contributed by atoms with Crippen molar-refractivity contribution in [3.8, 4) is 23.3 Å². The van der Waals surface area contributed by atoms with E-state index in [1.807, 2.05) is 24.3 Å². The SMILES string of the molecule is N#CC(c1ccc(-c2ccc(C[C@@H](C#N)NC(=O)C3(N)CCCCC3)cc2)cc1)N1CCN(C2CC2)CC1. The Bertz CT molecular complexity index is 1180. The molecule has 1 heterocycles. The minimum atomic E-state index is -0.848. The molecule has 2 aromatic carbocycles. The minimum absolute atomic E-state index is 0.207. The van der Waals surface area contributed by atoms with Crippen molar-refractivity contribution in [2.45, 2.75) is 75.0 Å². The second kappa shape index (κ2) is 11.7. The largest absolute Gasteiger partial charge is 0.338 e. The second-order valence-electron chi connectivity index (χ2n) is 11.2. The summed E-state index contributed by atoms with van der Waals surface area (Å²) in [6.45, 7) is 3.98. The molecule has 0 bridgehead atoms. The lowest BCUT2D eigenvalue weighted by molar-refractivity contribution is -0.127. The van der Waals surface area contributed by atoms with Gasteiger partial charge in [0.1, 0.15) is 12.1 Å². The molecule has 2 aliphatic carbocycles. The molecule has 1 amide bonds. The number of carbonyl (C=O) groups is 1. The monoisotopic (exact) mass is 510 g/mol. The molecule has 1 unspecified atom stereocenters. The Labute approximate surface area is 226 Å². The van der Waals surface area contributed by atoms with Crippen LogP contribution in [0, 0.1) is 22.7 Å². The van der Waals surface area contributed by atoms with Crippen molar-refractivity contribution in [3.05, 3.63) is 59.7 Å². The van der Waals surface area contributed by atoms with Gasteiger partial charge in [0.25, 0.3) is 0 Å². The van der Waals surface area contributed by atoms with Gasteiger partial charge in [-0.25, -0.2) is 0 Å². The Morgan fingerprint density at radius 3 is 2.08 bits per heavy atom. The van der Waals surface area contributed by atoms with E-state index in [9.17, 15) is 15.3 Å². The van der Waals surface area contributed by atoms with Crippen LogP contribution in [0.15, 0.2) is 48.5 Å². The molecule has 2 aromatic rings. The van der Waals surface area contributed by atoms with Crippen LogP contribution in [0.5, 0.6) is 0 Å². The highest BCUT2D eigenvalue weighted by molar-refractivity contribution is 5.86. The number of amides is 1. The summed E-state index contributed by atoms with van der Waals surface area (Å²) < 4.78 is 0. The normalized spacial score (nSPS) is 21.6. The van der Waals surface area contributed by atoms with E-state index in [1.54, 1.807) is 0 Å². The summed E-state index contributed by atoms with van der Waals surface area (Å²) in [5.41, 5.74) is 9.68. The molecular formula is C31H38N6O. The van der Waals surface area contributed by atoms with Crippen LogP contribution in [0.1, 0.15) is 62.1 Å². The number of nitrogens with one attached hydrogen (secondary N) is 1. The van der Waals surface area contributed by atoms with Gasteiger partial charge in [0.05, 0.1) is 17.7 Å². The first-order chi connectivity index (χ1) is 18.5. The molecule has 0 spiro atoms.